The molecule has 0 amide bonds. The molecule has 0 bridgehead atoms. The molecule has 1 unspecified atom stereocenters. The molecule has 4 heteroatoms. The van der Waals surface area contributed by atoms with E-state index in [9.17, 15) is 4.79 Å². The van der Waals surface area contributed by atoms with Crippen LogP contribution >= 0.6 is 0 Å². The Labute approximate surface area is 77.4 Å². The summed E-state index contributed by atoms with van der Waals surface area (Å²) < 4.78 is 0. The molecular weight excluding hydrogens is 170 g/mol. The first-order valence-corrected chi connectivity index (χ1v) is 4.86. The first-order valence-electron chi connectivity index (χ1n) is 4.86. The van der Waals surface area contributed by atoms with E-state index in [2.05, 4.69) is 0 Å². The zero-order valence-electron chi connectivity index (χ0n) is 7.82. The number of aliphatic carboxylic acids is 1. The molecule has 2 aliphatic rings. The van der Waals surface area contributed by atoms with E-state index in [-0.39, 0.29) is 0 Å². The van der Waals surface area contributed by atoms with Gasteiger partial charge in [0.1, 0.15) is 0 Å². The predicted molar refractivity (Wildman–Crippen MR) is 45.8 cm³/mol. The summed E-state index contributed by atoms with van der Waals surface area (Å²) >= 11 is 0. The fraction of sp³-hybridized carbons (Fsp3) is 0.889. The average molecular weight is 185 g/mol. The van der Waals surface area contributed by atoms with Crippen molar-refractivity contribution < 1.29 is 14.7 Å². The summed E-state index contributed by atoms with van der Waals surface area (Å²) in [6, 6.07) is 0.329. The third-order valence-corrected chi connectivity index (χ3v) is 2.97. The van der Waals surface area contributed by atoms with Crippen molar-refractivity contribution in [3.63, 3.8) is 0 Å². The summed E-state index contributed by atoms with van der Waals surface area (Å²) in [5, 5.41) is 10.5. The van der Waals surface area contributed by atoms with E-state index >= 15 is 0 Å². The summed E-state index contributed by atoms with van der Waals surface area (Å²) in [4.78, 5) is 15.9. The van der Waals surface area contributed by atoms with Gasteiger partial charge in [-0.1, -0.05) is 19.3 Å². The van der Waals surface area contributed by atoms with Gasteiger partial charge in [0.25, 0.3) is 5.72 Å². The van der Waals surface area contributed by atoms with Gasteiger partial charge in [-0.3, -0.25) is 4.84 Å². The quantitative estimate of drug-likeness (QED) is 0.660. The number of carboxylic acid groups (broad SMARTS) is 1. The van der Waals surface area contributed by atoms with Crippen molar-refractivity contribution in [2.45, 2.75) is 50.8 Å². The molecule has 1 N–H and O–H groups in total. The van der Waals surface area contributed by atoms with Crippen LogP contribution in [0.5, 0.6) is 0 Å². The summed E-state index contributed by atoms with van der Waals surface area (Å²) in [6.45, 7) is 1.62. The third kappa shape index (κ3) is 1.44. The second-order valence-corrected chi connectivity index (χ2v) is 4.00. The van der Waals surface area contributed by atoms with Crippen molar-refractivity contribution in [1.29, 1.82) is 0 Å². The van der Waals surface area contributed by atoms with Gasteiger partial charge in [0, 0.05) is 6.04 Å². The number of rotatable bonds is 2. The Morgan fingerprint density at radius 3 is 2.54 bits per heavy atom. The van der Waals surface area contributed by atoms with Gasteiger partial charge in [0.05, 0.1) is 0 Å². The van der Waals surface area contributed by atoms with E-state index < -0.39 is 11.7 Å². The molecule has 2 rings (SSSR count). The van der Waals surface area contributed by atoms with Crippen LogP contribution in [0.3, 0.4) is 0 Å². The van der Waals surface area contributed by atoms with Gasteiger partial charge in [0.15, 0.2) is 0 Å². The van der Waals surface area contributed by atoms with Crippen molar-refractivity contribution in [2.24, 2.45) is 0 Å². The summed E-state index contributed by atoms with van der Waals surface area (Å²) in [5.41, 5.74) is -1.03. The Kier molecular flexibility index (Phi) is 2.04. The monoisotopic (exact) mass is 185 g/mol. The van der Waals surface area contributed by atoms with Crippen LogP contribution in [0.25, 0.3) is 0 Å². The number of carbonyl (C=O) groups is 1. The van der Waals surface area contributed by atoms with Crippen LogP contribution in [-0.2, 0) is 9.63 Å². The smallest absolute Gasteiger partial charge is 0.355 e. The SMILES string of the molecule is C[C@]1(C(=O)O)ON1C1CCCCC1. The lowest BCUT2D eigenvalue weighted by Gasteiger charge is -2.21. The van der Waals surface area contributed by atoms with Crippen molar-refractivity contribution in [1.82, 2.24) is 5.06 Å². The molecule has 0 aromatic carbocycles. The maximum Gasteiger partial charge on any atom is 0.355 e. The molecule has 13 heavy (non-hydrogen) atoms. The highest BCUT2D eigenvalue weighted by Gasteiger charge is 2.60. The Hall–Kier alpha value is -0.610. The van der Waals surface area contributed by atoms with Crippen LogP contribution in [-0.4, -0.2) is 27.9 Å². The summed E-state index contributed by atoms with van der Waals surface area (Å²) in [5.74, 6) is -0.877. The Bertz CT molecular complexity index is 225. The summed E-state index contributed by atoms with van der Waals surface area (Å²) in [6.07, 6.45) is 5.81. The Balaban J connectivity index is 1.94. The highest BCUT2D eigenvalue weighted by Crippen LogP contribution is 2.41. The second-order valence-electron chi connectivity index (χ2n) is 4.00. The van der Waals surface area contributed by atoms with E-state index in [4.69, 9.17) is 9.94 Å². The van der Waals surface area contributed by atoms with E-state index in [1.54, 1.807) is 12.0 Å². The molecule has 1 saturated carbocycles. The van der Waals surface area contributed by atoms with Crippen LogP contribution in [0, 0.1) is 0 Å². The van der Waals surface area contributed by atoms with Crippen LogP contribution in [0.15, 0.2) is 0 Å². The number of hydroxylamine groups is 2. The molecule has 1 heterocycles. The zero-order chi connectivity index (χ0) is 9.47. The molecule has 0 spiro atoms. The molecule has 2 fully saturated rings. The minimum absolute atomic E-state index is 0.329. The molecule has 0 aromatic heterocycles. The molecule has 74 valence electrons. The van der Waals surface area contributed by atoms with Gasteiger partial charge in [-0.25, -0.2) is 4.79 Å². The van der Waals surface area contributed by atoms with Gasteiger partial charge >= 0.3 is 5.97 Å². The second kappa shape index (κ2) is 2.96. The van der Waals surface area contributed by atoms with Crippen molar-refractivity contribution >= 4 is 5.97 Å². The van der Waals surface area contributed by atoms with Crippen LogP contribution in [0.2, 0.25) is 0 Å². The normalized spacial score (nSPS) is 40.2. The first-order chi connectivity index (χ1) is 6.14. The third-order valence-electron chi connectivity index (χ3n) is 2.97. The van der Waals surface area contributed by atoms with E-state index in [1.165, 1.54) is 19.3 Å². The number of hydrogen-bond acceptors (Lipinski definition) is 3. The van der Waals surface area contributed by atoms with Crippen LogP contribution in [0.4, 0.5) is 0 Å². The Morgan fingerprint density at radius 2 is 2.08 bits per heavy atom. The van der Waals surface area contributed by atoms with Crippen molar-refractivity contribution in [3.8, 4) is 0 Å². The molecule has 2 atom stereocenters. The number of nitrogens with zero attached hydrogens (tertiary/aromatic N) is 1. The number of hydrogen-bond donors (Lipinski definition) is 1. The fourth-order valence-electron chi connectivity index (χ4n) is 2.04. The molecule has 1 aliphatic carbocycles. The fourth-order valence-corrected chi connectivity index (χ4v) is 2.04. The summed E-state index contributed by atoms with van der Waals surface area (Å²) in [7, 11) is 0. The highest BCUT2D eigenvalue weighted by molar-refractivity contribution is 5.78. The van der Waals surface area contributed by atoms with Crippen molar-refractivity contribution in [2.75, 3.05) is 0 Å². The lowest BCUT2D eigenvalue weighted by Crippen LogP contribution is -2.32. The first kappa shape index (κ1) is 8.97. The molecule has 0 radical (unpaired) electrons. The van der Waals surface area contributed by atoms with E-state index in [0.29, 0.717) is 6.04 Å². The maximum atomic E-state index is 10.8. The lowest BCUT2D eigenvalue weighted by molar-refractivity contribution is -0.142. The molecule has 0 aromatic rings. The lowest BCUT2D eigenvalue weighted by atomic mass is 9.95. The minimum Gasteiger partial charge on any atom is -0.478 e. The van der Waals surface area contributed by atoms with Crippen LogP contribution < -0.4 is 0 Å². The predicted octanol–water partition coefficient (Wildman–Crippen LogP) is 1.37. The molecule has 1 saturated heterocycles. The molecule has 1 aliphatic heterocycles. The van der Waals surface area contributed by atoms with Gasteiger partial charge in [-0.15, -0.1) is 5.06 Å². The van der Waals surface area contributed by atoms with E-state index in [0.717, 1.165) is 12.8 Å². The van der Waals surface area contributed by atoms with Crippen LogP contribution in [0.1, 0.15) is 39.0 Å². The zero-order valence-corrected chi connectivity index (χ0v) is 7.82. The van der Waals surface area contributed by atoms with Crippen molar-refractivity contribution in [3.05, 3.63) is 0 Å². The van der Waals surface area contributed by atoms with E-state index in [1.807, 2.05) is 0 Å². The standard InChI is InChI=1S/C9H15NO3/c1-9(8(11)12)10(13-9)7-5-3-2-4-6-7/h7H,2-6H2,1H3,(H,11,12)/t9-,10?/m1/s1. The van der Waals surface area contributed by atoms with Gasteiger partial charge in [0.2, 0.25) is 0 Å². The largest absolute Gasteiger partial charge is 0.478 e. The maximum absolute atomic E-state index is 10.8. The average Bonchev–Trinajstić information content (AvgIpc) is 2.81. The number of carboxylic acids is 1. The Morgan fingerprint density at radius 1 is 1.46 bits per heavy atom. The minimum atomic E-state index is -1.03. The van der Waals surface area contributed by atoms with Gasteiger partial charge in [-0.2, -0.15) is 0 Å². The van der Waals surface area contributed by atoms with Gasteiger partial charge < -0.3 is 5.11 Å². The topological polar surface area (TPSA) is 52.8 Å². The van der Waals surface area contributed by atoms with Gasteiger partial charge in [-0.05, 0) is 19.8 Å². The molecular formula is C9H15NO3. The molecule has 4 nitrogen and oxygen atoms in total. The highest BCUT2D eigenvalue weighted by atomic mass is 16.9.